The summed E-state index contributed by atoms with van der Waals surface area (Å²) in [5.74, 6) is 2.27. The molecule has 160 valence electrons. The van der Waals surface area contributed by atoms with Gasteiger partial charge in [-0.3, -0.25) is 9.79 Å². The third-order valence-electron chi connectivity index (χ3n) is 4.15. The first-order chi connectivity index (χ1) is 12.7. The molecule has 1 atom stereocenters. The van der Waals surface area contributed by atoms with Crippen molar-refractivity contribution < 1.29 is 9.53 Å². The Hall–Kier alpha value is -1.51. The fraction of sp³-hybridized carbons (Fsp3) is 0.619. The van der Waals surface area contributed by atoms with Gasteiger partial charge >= 0.3 is 0 Å². The van der Waals surface area contributed by atoms with Crippen molar-refractivity contribution >= 4 is 35.8 Å². The molecule has 0 aliphatic carbocycles. The minimum atomic E-state index is 0. The number of hydrogen-bond acceptors (Lipinski definition) is 3. The van der Waals surface area contributed by atoms with Crippen LogP contribution in [0.5, 0.6) is 5.75 Å². The number of hydrogen-bond donors (Lipinski definition) is 2. The lowest BCUT2D eigenvalue weighted by Crippen LogP contribution is -2.38. The van der Waals surface area contributed by atoms with E-state index in [1.54, 1.807) is 26.0 Å². The standard InChI is InChI=1S/C21H36N4O2.HI/c1-15(2)12-17(4)27-19-13-16(3)8-9-18(19)14-24-21(22-5)23-11-10-20(26)25(6)7;/h8-9,13,15,17H,10-12,14H2,1-7H3,(H2,22,23,24);1H. The van der Waals surface area contributed by atoms with Gasteiger partial charge in [0.15, 0.2) is 5.96 Å². The van der Waals surface area contributed by atoms with Gasteiger partial charge in [-0.25, -0.2) is 0 Å². The minimum Gasteiger partial charge on any atom is -0.490 e. The topological polar surface area (TPSA) is 66.0 Å². The van der Waals surface area contributed by atoms with Crippen LogP contribution in [0.2, 0.25) is 0 Å². The Morgan fingerprint density at radius 1 is 1.21 bits per heavy atom. The van der Waals surface area contributed by atoms with Crippen molar-refractivity contribution in [2.24, 2.45) is 10.9 Å². The number of amides is 1. The molecule has 28 heavy (non-hydrogen) atoms. The van der Waals surface area contributed by atoms with Crippen molar-refractivity contribution in [2.75, 3.05) is 27.7 Å². The molecule has 0 aromatic heterocycles. The van der Waals surface area contributed by atoms with Gasteiger partial charge in [0.2, 0.25) is 5.91 Å². The third-order valence-corrected chi connectivity index (χ3v) is 4.15. The monoisotopic (exact) mass is 504 g/mol. The lowest BCUT2D eigenvalue weighted by atomic mass is 10.1. The molecule has 0 saturated carbocycles. The van der Waals surface area contributed by atoms with E-state index in [2.05, 4.69) is 61.5 Å². The van der Waals surface area contributed by atoms with Gasteiger partial charge in [0.05, 0.1) is 6.10 Å². The highest BCUT2D eigenvalue weighted by atomic mass is 127. The quantitative estimate of drug-likeness (QED) is 0.307. The third kappa shape index (κ3) is 10.1. The van der Waals surface area contributed by atoms with Crippen LogP contribution < -0.4 is 15.4 Å². The molecule has 7 heteroatoms. The normalized spacial score (nSPS) is 12.2. The van der Waals surface area contributed by atoms with Crippen LogP contribution in [0, 0.1) is 12.8 Å². The summed E-state index contributed by atoms with van der Waals surface area (Å²) < 4.78 is 6.19. The fourth-order valence-electron chi connectivity index (χ4n) is 2.76. The molecule has 0 fully saturated rings. The van der Waals surface area contributed by atoms with E-state index in [1.807, 2.05) is 0 Å². The average molecular weight is 504 g/mol. The van der Waals surface area contributed by atoms with Crippen LogP contribution in [0.25, 0.3) is 0 Å². The molecule has 6 nitrogen and oxygen atoms in total. The summed E-state index contributed by atoms with van der Waals surface area (Å²) in [6.45, 7) is 9.73. The van der Waals surface area contributed by atoms with Gasteiger partial charge in [-0.2, -0.15) is 0 Å². The Kier molecular flexibility index (Phi) is 12.9. The second kappa shape index (κ2) is 13.6. The molecule has 0 heterocycles. The average Bonchev–Trinajstić information content (AvgIpc) is 2.58. The van der Waals surface area contributed by atoms with Gasteiger partial charge in [0.1, 0.15) is 5.75 Å². The van der Waals surface area contributed by atoms with Crippen LogP contribution in [-0.2, 0) is 11.3 Å². The van der Waals surface area contributed by atoms with Gasteiger partial charge in [0.25, 0.3) is 0 Å². The molecular weight excluding hydrogens is 467 g/mol. The molecule has 1 aromatic rings. The molecule has 1 unspecified atom stereocenters. The molecule has 1 rings (SSSR count). The summed E-state index contributed by atoms with van der Waals surface area (Å²) in [6.07, 6.45) is 1.61. The van der Waals surface area contributed by atoms with Gasteiger partial charge in [-0.15, -0.1) is 24.0 Å². The molecule has 0 radical (unpaired) electrons. The number of aliphatic imine (C=N–C) groups is 1. The Balaban J connectivity index is 0.00000729. The molecule has 1 amide bonds. The first kappa shape index (κ1) is 26.5. The second-order valence-electron chi connectivity index (χ2n) is 7.56. The maximum absolute atomic E-state index is 11.7. The number of carbonyl (C=O) groups is 1. The zero-order chi connectivity index (χ0) is 20.4. The highest BCUT2D eigenvalue weighted by Crippen LogP contribution is 2.23. The van der Waals surface area contributed by atoms with E-state index in [9.17, 15) is 4.79 Å². The molecule has 2 N–H and O–H groups in total. The number of rotatable bonds is 9. The van der Waals surface area contributed by atoms with Crippen molar-refractivity contribution in [3.8, 4) is 5.75 Å². The van der Waals surface area contributed by atoms with Crippen molar-refractivity contribution in [1.29, 1.82) is 0 Å². The molecule has 0 saturated heterocycles. The predicted molar refractivity (Wildman–Crippen MR) is 128 cm³/mol. The van der Waals surface area contributed by atoms with E-state index in [-0.39, 0.29) is 36.0 Å². The second-order valence-corrected chi connectivity index (χ2v) is 7.56. The summed E-state index contributed by atoms with van der Waals surface area (Å²) in [7, 11) is 5.24. The summed E-state index contributed by atoms with van der Waals surface area (Å²) in [5.41, 5.74) is 2.26. The highest BCUT2D eigenvalue weighted by Gasteiger charge is 2.11. The summed E-state index contributed by atoms with van der Waals surface area (Å²) in [5, 5.41) is 6.47. The van der Waals surface area contributed by atoms with Crippen LogP contribution in [0.1, 0.15) is 44.7 Å². The number of aryl methyl sites for hydroxylation is 1. The zero-order valence-electron chi connectivity index (χ0n) is 18.3. The van der Waals surface area contributed by atoms with Gasteiger partial charge < -0.3 is 20.3 Å². The fourth-order valence-corrected chi connectivity index (χ4v) is 2.76. The van der Waals surface area contributed by atoms with Crippen LogP contribution in [0.15, 0.2) is 23.2 Å². The van der Waals surface area contributed by atoms with E-state index >= 15 is 0 Å². The van der Waals surface area contributed by atoms with Crippen LogP contribution in [0.3, 0.4) is 0 Å². The molecule has 1 aromatic carbocycles. The molecule has 0 bridgehead atoms. The largest absolute Gasteiger partial charge is 0.490 e. The Morgan fingerprint density at radius 3 is 2.46 bits per heavy atom. The van der Waals surface area contributed by atoms with Crippen molar-refractivity contribution in [2.45, 2.75) is 53.2 Å². The number of nitrogens with zero attached hydrogens (tertiary/aromatic N) is 2. The summed E-state index contributed by atoms with van der Waals surface area (Å²) in [6, 6.07) is 6.26. The van der Waals surface area contributed by atoms with Crippen molar-refractivity contribution in [3.63, 3.8) is 0 Å². The van der Waals surface area contributed by atoms with Gasteiger partial charge in [0, 0.05) is 46.2 Å². The SMILES string of the molecule is CN=C(NCCC(=O)N(C)C)NCc1ccc(C)cc1OC(C)CC(C)C.I. The lowest BCUT2D eigenvalue weighted by molar-refractivity contribution is -0.128. The number of halogens is 1. The van der Waals surface area contributed by atoms with Crippen LogP contribution in [0.4, 0.5) is 0 Å². The molecule has 0 aliphatic rings. The van der Waals surface area contributed by atoms with E-state index in [1.165, 1.54) is 5.56 Å². The number of carbonyl (C=O) groups excluding carboxylic acids is 1. The lowest BCUT2D eigenvalue weighted by Gasteiger charge is -2.20. The van der Waals surface area contributed by atoms with Crippen molar-refractivity contribution in [3.05, 3.63) is 29.3 Å². The van der Waals surface area contributed by atoms with E-state index in [0.717, 1.165) is 17.7 Å². The summed E-state index contributed by atoms with van der Waals surface area (Å²) in [4.78, 5) is 17.5. The van der Waals surface area contributed by atoms with Crippen LogP contribution >= 0.6 is 24.0 Å². The Morgan fingerprint density at radius 2 is 1.89 bits per heavy atom. The number of ether oxygens (including phenoxy) is 1. The van der Waals surface area contributed by atoms with Gasteiger partial charge in [-0.1, -0.05) is 26.0 Å². The van der Waals surface area contributed by atoms with Gasteiger partial charge in [-0.05, 0) is 37.8 Å². The number of nitrogens with one attached hydrogen (secondary N) is 2. The van der Waals surface area contributed by atoms with Crippen molar-refractivity contribution in [1.82, 2.24) is 15.5 Å². The predicted octanol–water partition coefficient (Wildman–Crippen LogP) is 3.57. The smallest absolute Gasteiger partial charge is 0.223 e. The van der Waals surface area contributed by atoms with E-state index in [4.69, 9.17) is 4.74 Å². The summed E-state index contributed by atoms with van der Waals surface area (Å²) >= 11 is 0. The first-order valence-electron chi connectivity index (χ1n) is 9.63. The van der Waals surface area contributed by atoms with Crippen LogP contribution in [-0.4, -0.2) is 50.6 Å². The Bertz CT molecular complexity index is 633. The highest BCUT2D eigenvalue weighted by molar-refractivity contribution is 14.0. The maximum atomic E-state index is 11.7. The molecular formula is C21H37IN4O2. The first-order valence-corrected chi connectivity index (χ1v) is 9.63. The molecule has 0 spiro atoms. The number of guanidine groups is 1. The van der Waals surface area contributed by atoms with E-state index < -0.39 is 0 Å². The minimum absolute atomic E-state index is 0. The Labute approximate surface area is 187 Å². The maximum Gasteiger partial charge on any atom is 0.223 e. The zero-order valence-corrected chi connectivity index (χ0v) is 20.7. The number of benzene rings is 1. The molecule has 0 aliphatic heterocycles. The van der Waals surface area contributed by atoms with E-state index in [0.29, 0.717) is 31.4 Å².